The van der Waals surface area contributed by atoms with Crippen molar-refractivity contribution in [1.29, 1.82) is 0 Å². The smallest absolute Gasteiger partial charge is 0.106 e. The van der Waals surface area contributed by atoms with Crippen molar-refractivity contribution in [3.8, 4) is 11.1 Å². The molecule has 0 saturated carbocycles. The first-order valence-corrected chi connectivity index (χ1v) is 17.9. The van der Waals surface area contributed by atoms with E-state index in [1.54, 1.807) is 0 Å². The van der Waals surface area contributed by atoms with E-state index in [2.05, 4.69) is 155 Å². The molecule has 0 amide bonds. The largest absolute Gasteiger partial charge is 0.373 e. The van der Waals surface area contributed by atoms with Crippen molar-refractivity contribution in [3.63, 3.8) is 0 Å². The predicted octanol–water partition coefficient (Wildman–Crippen LogP) is 10.4. The third kappa shape index (κ3) is 6.67. The average Bonchev–Trinajstić information content (AvgIpc) is 4.00. The Labute approximate surface area is 298 Å². The van der Waals surface area contributed by atoms with Crippen molar-refractivity contribution < 1.29 is 18.9 Å². The van der Waals surface area contributed by atoms with Crippen LogP contribution in [0.1, 0.15) is 40.6 Å². The maximum atomic E-state index is 5.53. The molecule has 6 aromatic carbocycles. The minimum absolute atomic E-state index is 0.235. The molecule has 4 aliphatic heterocycles. The quantitative estimate of drug-likeness (QED) is 0.121. The summed E-state index contributed by atoms with van der Waals surface area (Å²) in [6.07, 6.45) is 2.04. The number of rotatable bonds is 12. The van der Waals surface area contributed by atoms with Gasteiger partial charge >= 0.3 is 0 Å². The van der Waals surface area contributed by atoms with Crippen molar-refractivity contribution in [2.24, 2.45) is 0 Å². The monoisotopic (exact) mass is 670 g/mol. The van der Waals surface area contributed by atoms with Gasteiger partial charge in [0.2, 0.25) is 0 Å². The summed E-state index contributed by atoms with van der Waals surface area (Å²) >= 11 is 0. The lowest BCUT2D eigenvalue weighted by atomic mass is 10.0. The zero-order valence-electron chi connectivity index (χ0n) is 28.2. The second kappa shape index (κ2) is 12.8. The maximum Gasteiger partial charge on any atom is 0.106 e. The van der Waals surface area contributed by atoms with Gasteiger partial charge in [0, 0.05) is 40.5 Å². The van der Waals surface area contributed by atoms with Gasteiger partial charge in [-0.3, -0.25) is 0 Å². The number of benzene rings is 6. The second-order valence-electron chi connectivity index (χ2n) is 13.8. The number of hydrogen-bond acceptors (Lipinski definition) is 6. The van der Waals surface area contributed by atoms with E-state index in [1.165, 1.54) is 33.4 Å². The third-order valence-corrected chi connectivity index (χ3v) is 10.2. The molecule has 6 heteroatoms. The van der Waals surface area contributed by atoms with Gasteiger partial charge in [-0.05, 0) is 106 Å². The van der Waals surface area contributed by atoms with Gasteiger partial charge in [0.05, 0.1) is 32.5 Å². The second-order valence-corrected chi connectivity index (χ2v) is 13.8. The van der Waals surface area contributed by atoms with Gasteiger partial charge in [-0.15, -0.1) is 0 Å². The molecule has 6 aromatic rings. The minimum atomic E-state index is 0.235. The average molecular weight is 671 g/mol. The van der Waals surface area contributed by atoms with Crippen molar-refractivity contribution in [1.82, 2.24) is 0 Å². The van der Waals surface area contributed by atoms with E-state index in [0.717, 1.165) is 67.0 Å². The maximum absolute atomic E-state index is 5.53. The van der Waals surface area contributed by atoms with Crippen LogP contribution in [0.2, 0.25) is 0 Å². The lowest BCUT2D eigenvalue weighted by Crippen LogP contribution is -2.10. The summed E-state index contributed by atoms with van der Waals surface area (Å²) in [6, 6.07) is 52.9. The fraction of sp³-hybridized carbons (Fsp3) is 0.200. The highest BCUT2D eigenvalue weighted by molar-refractivity contribution is 5.81. The molecule has 0 aromatic heterocycles. The lowest BCUT2D eigenvalue weighted by Gasteiger charge is -2.26. The molecule has 252 valence electrons. The SMILES string of the molecule is c1cc(N(c2ccc(-c3ccc(N(c4ccc(C5CO5)cc4)c4ccc(C5CO5)cc4)cc3)cc2)c2ccc(C3CO3)cc2)ccc1CC1CO1. The van der Waals surface area contributed by atoms with Gasteiger partial charge in [0.25, 0.3) is 0 Å². The van der Waals surface area contributed by atoms with Crippen molar-refractivity contribution in [2.75, 3.05) is 36.2 Å². The van der Waals surface area contributed by atoms with Crippen LogP contribution in [0.15, 0.2) is 146 Å². The van der Waals surface area contributed by atoms with Crippen LogP contribution in [-0.2, 0) is 25.4 Å². The number of epoxide rings is 4. The molecule has 0 spiro atoms. The van der Waals surface area contributed by atoms with E-state index >= 15 is 0 Å². The van der Waals surface area contributed by atoms with Crippen LogP contribution >= 0.6 is 0 Å². The van der Waals surface area contributed by atoms with E-state index < -0.39 is 0 Å². The lowest BCUT2D eigenvalue weighted by molar-refractivity contribution is 0.407. The fourth-order valence-corrected chi connectivity index (χ4v) is 6.97. The van der Waals surface area contributed by atoms with E-state index in [0.29, 0.717) is 6.10 Å². The van der Waals surface area contributed by atoms with Crippen molar-refractivity contribution in [2.45, 2.75) is 30.8 Å². The summed E-state index contributed by atoms with van der Waals surface area (Å²) in [5.74, 6) is 0. The van der Waals surface area contributed by atoms with Gasteiger partial charge < -0.3 is 28.7 Å². The van der Waals surface area contributed by atoms with Gasteiger partial charge in [0.1, 0.15) is 18.3 Å². The Morgan fingerprint density at radius 2 is 0.627 bits per heavy atom. The zero-order valence-corrected chi connectivity index (χ0v) is 28.2. The molecular weight excluding hydrogens is 633 g/mol. The van der Waals surface area contributed by atoms with Crippen LogP contribution in [-0.4, -0.2) is 32.5 Å². The Bertz CT molecular complexity index is 2060. The van der Waals surface area contributed by atoms with Crippen molar-refractivity contribution in [3.05, 3.63) is 168 Å². The molecule has 51 heavy (non-hydrogen) atoms. The molecule has 4 unspecified atom stereocenters. The van der Waals surface area contributed by atoms with Crippen LogP contribution in [0.3, 0.4) is 0 Å². The molecule has 0 aliphatic carbocycles. The first-order chi connectivity index (χ1) is 25.2. The molecule has 0 N–H and O–H groups in total. The summed E-state index contributed by atoms with van der Waals surface area (Å²) < 4.78 is 22.0. The Morgan fingerprint density at radius 1 is 0.353 bits per heavy atom. The van der Waals surface area contributed by atoms with Crippen LogP contribution < -0.4 is 9.80 Å². The number of nitrogens with zero attached hydrogens (tertiary/aromatic N) is 2. The molecule has 0 bridgehead atoms. The van der Waals surface area contributed by atoms with Crippen LogP contribution in [0, 0.1) is 0 Å². The Hall–Kier alpha value is -5.24. The summed E-state index contributed by atoms with van der Waals surface area (Å²) in [5, 5.41) is 0. The van der Waals surface area contributed by atoms with E-state index in [4.69, 9.17) is 18.9 Å². The fourth-order valence-electron chi connectivity index (χ4n) is 6.97. The zero-order chi connectivity index (χ0) is 33.7. The number of hydrogen-bond donors (Lipinski definition) is 0. The van der Waals surface area contributed by atoms with Gasteiger partial charge in [0.15, 0.2) is 0 Å². The molecule has 4 aliphatic rings. The normalized spacial score (nSPS) is 21.2. The molecule has 4 atom stereocenters. The van der Waals surface area contributed by atoms with E-state index in [9.17, 15) is 0 Å². The topological polar surface area (TPSA) is 56.6 Å². The molecule has 6 nitrogen and oxygen atoms in total. The standard InChI is InChI=1S/C45H38N2O4/c1-13-36(14-2-30(1)25-42-26-48-42)46(39-19-7-33(8-20-39)43-27-49-43)37-15-3-31(4-16-37)32-5-17-38(18-6-32)47(40-21-9-34(10-22-40)44-28-50-44)41-23-11-35(12-24-41)45-29-51-45/h1-24,42-45H,25-29H2. The van der Waals surface area contributed by atoms with Crippen LogP contribution in [0.5, 0.6) is 0 Å². The predicted molar refractivity (Wildman–Crippen MR) is 201 cm³/mol. The van der Waals surface area contributed by atoms with Crippen molar-refractivity contribution >= 4 is 34.1 Å². The van der Waals surface area contributed by atoms with Gasteiger partial charge in [-0.1, -0.05) is 72.8 Å². The van der Waals surface area contributed by atoms with Crippen LogP contribution in [0.25, 0.3) is 11.1 Å². The molecule has 0 radical (unpaired) electrons. The molecule has 4 fully saturated rings. The van der Waals surface area contributed by atoms with Gasteiger partial charge in [-0.2, -0.15) is 0 Å². The highest BCUT2D eigenvalue weighted by Gasteiger charge is 2.27. The summed E-state index contributed by atoms with van der Waals surface area (Å²) in [4.78, 5) is 4.63. The Kier molecular flexibility index (Phi) is 7.69. The Balaban J connectivity index is 0.935. The van der Waals surface area contributed by atoms with Crippen LogP contribution in [0.4, 0.5) is 34.1 Å². The molecule has 10 rings (SSSR count). The highest BCUT2D eigenvalue weighted by Crippen LogP contribution is 2.41. The third-order valence-electron chi connectivity index (χ3n) is 10.2. The van der Waals surface area contributed by atoms with E-state index in [-0.39, 0.29) is 18.3 Å². The first-order valence-electron chi connectivity index (χ1n) is 17.9. The summed E-state index contributed by atoms with van der Waals surface area (Å²) in [6.45, 7) is 3.29. The highest BCUT2D eigenvalue weighted by atomic mass is 16.6. The molecule has 4 saturated heterocycles. The number of ether oxygens (including phenoxy) is 4. The summed E-state index contributed by atoms with van der Waals surface area (Å²) in [7, 11) is 0. The molecular formula is C45H38N2O4. The minimum Gasteiger partial charge on any atom is -0.373 e. The Morgan fingerprint density at radius 3 is 0.902 bits per heavy atom. The first kappa shape index (κ1) is 30.6. The molecule has 4 heterocycles. The van der Waals surface area contributed by atoms with E-state index in [1.807, 2.05) is 0 Å². The number of anilines is 6. The summed E-state index contributed by atoms with van der Waals surface area (Å²) in [5.41, 5.74) is 14.0. The van der Waals surface area contributed by atoms with Gasteiger partial charge in [-0.25, -0.2) is 0 Å².